The Balaban J connectivity index is 2.46. The molecule has 0 aliphatic heterocycles. The highest BCUT2D eigenvalue weighted by Gasteiger charge is 2.33. The molecule has 0 amide bonds. The van der Waals surface area contributed by atoms with Crippen molar-refractivity contribution in [2.24, 2.45) is 0 Å². The van der Waals surface area contributed by atoms with Crippen LogP contribution in [0, 0.1) is 25.2 Å². The minimum atomic E-state index is -0.757. The Kier molecular flexibility index (Phi) is 4.44. The van der Waals surface area contributed by atoms with Gasteiger partial charge in [-0.15, -0.1) is 0 Å². The lowest BCUT2D eigenvalue weighted by atomic mass is 9.90. The molecule has 0 aliphatic carbocycles. The van der Waals surface area contributed by atoms with E-state index < -0.39 is 5.54 Å². The van der Waals surface area contributed by atoms with Crippen molar-refractivity contribution in [3.05, 3.63) is 53.6 Å². The Morgan fingerprint density at radius 1 is 1.29 bits per heavy atom. The third kappa shape index (κ3) is 3.14. The molecule has 2 aromatic rings. The monoisotopic (exact) mass is 282 g/mol. The minimum Gasteiger partial charge on any atom is -0.331 e. The molecule has 0 spiro atoms. The summed E-state index contributed by atoms with van der Waals surface area (Å²) in [4.78, 5) is 4.33. The summed E-state index contributed by atoms with van der Waals surface area (Å²) in [7, 11) is 0. The Bertz CT molecular complexity index is 637. The van der Waals surface area contributed by atoms with Gasteiger partial charge in [0.2, 0.25) is 0 Å². The molecule has 2 rings (SSSR count). The quantitative estimate of drug-likeness (QED) is 0.917. The van der Waals surface area contributed by atoms with Crippen LogP contribution in [-0.2, 0) is 12.1 Å². The van der Waals surface area contributed by atoms with E-state index in [4.69, 9.17) is 0 Å². The molecule has 110 valence electrons. The van der Waals surface area contributed by atoms with E-state index in [0.29, 0.717) is 6.54 Å². The van der Waals surface area contributed by atoms with E-state index in [0.717, 1.165) is 17.0 Å². The molecule has 1 unspecified atom stereocenters. The molecule has 0 saturated carbocycles. The van der Waals surface area contributed by atoms with Gasteiger partial charge in [-0.1, -0.05) is 30.3 Å². The molecule has 1 atom stereocenters. The maximum atomic E-state index is 9.89. The first kappa shape index (κ1) is 15.3. The summed E-state index contributed by atoms with van der Waals surface area (Å²) in [6.07, 6.45) is 1.81. The van der Waals surface area contributed by atoms with E-state index in [-0.39, 0.29) is 6.04 Å². The van der Waals surface area contributed by atoms with Crippen LogP contribution in [0.2, 0.25) is 0 Å². The van der Waals surface area contributed by atoms with Crippen molar-refractivity contribution in [2.45, 2.75) is 45.8 Å². The van der Waals surface area contributed by atoms with Crippen molar-refractivity contribution in [1.29, 1.82) is 5.26 Å². The number of imidazole rings is 1. The van der Waals surface area contributed by atoms with Gasteiger partial charge in [0.25, 0.3) is 0 Å². The predicted octanol–water partition coefficient (Wildman–Crippen LogP) is 2.92. The maximum absolute atomic E-state index is 9.89. The second-order valence-corrected chi connectivity index (χ2v) is 5.73. The lowest BCUT2D eigenvalue weighted by Crippen LogP contribution is -2.48. The zero-order chi connectivity index (χ0) is 15.5. The Morgan fingerprint density at radius 2 is 1.95 bits per heavy atom. The summed E-state index contributed by atoms with van der Waals surface area (Å²) in [5.74, 6) is 0. The van der Waals surface area contributed by atoms with Gasteiger partial charge in [0, 0.05) is 11.7 Å². The average Bonchev–Trinajstić information content (AvgIpc) is 2.79. The van der Waals surface area contributed by atoms with E-state index in [1.165, 1.54) is 0 Å². The average molecular weight is 282 g/mol. The summed E-state index contributed by atoms with van der Waals surface area (Å²) in [5.41, 5.74) is 2.32. The van der Waals surface area contributed by atoms with Crippen molar-refractivity contribution in [3.8, 4) is 6.07 Å². The maximum Gasteiger partial charge on any atom is 0.150 e. The largest absolute Gasteiger partial charge is 0.331 e. The number of rotatable bonds is 5. The van der Waals surface area contributed by atoms with Crippen molar-refractivity contribution >= 4 is 0 Å². The number of aromatic nitrogens is 2. The highest BCUT2D eigenvalue weighted by Crippen LogP contribution is 2.24. The molecule has 1 heterocycles. The lowest BCUT2D eigenvalue weighted by Gasteiger charge is -2.31. The van der Waals surface area contributed by atoms with Crippen molar-refractivity contribution in [2.75, 3.05) is 0 Å². The van der Waals surface area contributed by atoms with E-state index in [1.54, 1.807) is 0 Å². The second-order valence-electron chi connectivity index (χ2n) is 5.73. The molecule has 21 heavy (non-hydrogen) atoms. The normalized spacial score (nSPS) is 13.9. The molecule has 1 N–H and O–H groups in total. The smallest absolute Gasteiger partial charge is 0.150 e. The summed E-state index contributed by atoms with van der Waals surface area (Å²) >= 11 is 0. The van der Waals surface area contributed by atoms with Gasteiger partial charge >= 0.3 is 0 Å². The van der Waals surface area contributed by atoms with E-state index >= 15 is 0 Å². The highest BCUT2D eigenvalue weighted by molar-refractivity contribution is 5.32. The molecule has 4 nitrogen and oxygen atoms in total. The van der Waals surface area contributed by atoms with Gasteiger partial charge in [-0.2, -0.15) is 5.26 Å². The molecular weight excluding hydrogens is 260 g/mol. The fraction of sp³-hybridized carbons (Fsp3) is 0.412. The fourth-order valence-corrected chi connectivity index (χ4v) is 2.53. The topological polar surface area (TPSA) is 53.6 Å². The number of nitrogens with one attached hydrogen (secondary N) is 1. The standard InChI is InChI=1S/C17H22N4/c1-13(2)20-17(10-18,16-8-6-5-7-9-16)11-21-12-19-14(3)15(21)4/h5-9,12-13,20H,11H2,1-4H3. The van der Waals surface area contributed by atoms with Gasteiger partial charge in [0.15, 0.2) is 5.54 Å². The lowest BCUT2D eigenvalue weighted by molar-refractivity contribution is 0.336. The zero-order valence-corrected chi connectivity index (χ0v) is 13.1. The van der Waals surface area contributed by atoms with E-state index in [2.05, 4.69) is 30.2 Å². The van der Waals surface area contributed by atoms with Crippen LogP contribution in [0.15, 0.2) is 36.7 Å². The third-order valence-electron chi connectivity index (χ3n) is 3.75. The first-order valence-electron chi connectivity index (χ1n) is 7.21. The SMILES string of the molecule is Cc1ncn(CC(C#N)(NC(C)C)c2ccccc2)c1C. The van der Waals surface area contributed by atoms with Crippen molar-refractivity contribution < 1.29 is 0 Å². The minimum absolute atomic E-state index is 0.204. The molecule has 0 saturated heterocycles. The first-order valence-corrected chi connectivity index (χ1v) is 7.21. The van der Waals surface area contributed by atoms with E-state index in [9.17, 15) is 5.26 Å². The summed E-state index contributed by atoms with van der Waals surface area (Å²) in [6.45, 7) is 8.67. The number of nitriles is 1. The number of nitrogens with zero attached hydrogens (tertiary/aromatic N) is 3. The van der Waals surface area contributed by atoms with Gasteiger partial charge in [0.05, 0.1) is 24.6 Å². The van der Waals surface area contributed by atoms with Crippen LogP contribution in [0.3, 0.4) is 0 Å². The molecule has 1 aromatic carbocycles. The van der Waals surface area contributed by atoms with Crippen molar-refractivity contribution in [1.82, 2.24) is 14.9 Å². The van der Waals surface area contributed by atoms with Gasteiger partial charge in [-0.3, -0.25) is 5.32 Å². The van der Waals surface area contributed by atoms with Gasteiger partial charge in [0.1, 0.15) is 0 Å². The number of benzene rings is 1. The molecule has 0 aliphatic rings. The van der Waals surface area contributed by atoms with Crippen LogP contribution in [0.4, 0.5) is 0 Å². The molecular formula is C17H22N4. The number of hydrogen-bond acceptors (Lipinski definition) is 3. The summed E-state index contributed by atoms with van der Waals surface area (Å²) in [5, 5.41) is 13.3. The van der Waals surface area contributed by atoms with Gasteiger partial charge < -0.3 is 4.57 Å². The molecule has 0 bridgehead atoms. The first-order chi connectivity index (χ1) is 9.98. The van der Waals surface area contributed by atoms with Crippen LogP contribution < -0.4 is 5.32 Å². The summed E-state index contributed by atoms with van der Waals surface area (Å²) < 4.78 is 2.04. The summed E-state index contributed by atoms with van der Waals surface area (Å²) in [6, 6.07) is 12.6. The van der Waals surface area contributed by atoms with Crippen LogP contribution in [-0.4, -0.2) is 15.6 Å². The number of aryl methyl sites for hydroxylation is 1. The fourth-order valence-electron chi connectivity index (χ4n) is 2.53. The highest BCUT2D eigenvalue weighted by atomic mass is 15.1. The van der Waals surface area contributed by atoms with Crippen molar-refractivity contribution in [3.63, 3.8) is 0 Å². The predicted molar refractivity (Wildman–Crippen MR) is 83.7 cm³/mol. The Hall–Kier alpha value is -2.12. The van der Waals surface area contributed by atoms with Gasteiger partial charge in [-0.25, -0.2) is 4.98 Å². The van der Waals surface area contributed by atoms with Crippen LogP contribution in [0.25, 0.3) is 0 Å². The second kappa shape index (κ2) is 6.11. The molecule has 1 aromatic heterocycles. The third-order valence-corrected chi connectivity index (χ3v) is 3.75. The molecule has 4 heteroatoms. The van der Waals surface area contributed by atoms with Crippen LogP contribution in [0.5, 0.6) is 0 Å². The van der Waals surface area contributed by atoms with Gasteiger partial charge in [-0.05, 0) is 33.3 Å². The Labute approximate surface area is 126 Å². The zero-order valence-electron chi connectivity index (χ0n) is 13.1. The number of hydrogen-bond donors (Lipinski definition) is 1. The molecule has 0 fully saturated rings. The van der Waals surface area contributed by atoms with E-state index in [1.807, 2.05) is 55.1 Å². The van der Waals surface area contributed by atoms with Crippen LogP contribution >= 0.6 is 0 Å². The van der Waals surface area contributed by atoms with Crippen LogP contribution in [0.1, 0.15) is 30.8 Å². The molecule has 0 radical (unpaired) electrons. The Morgan fingerprint density at radius 3 is 2.43 bits per heavy atom.